The molecule has 25 heavy (non-hydrogen) atoms. The summed E-state index contributed by atoms with van der Waals surface area (Å²) in [5.41, 5.74) is 1.58. The van der Waals surface area contributed by atoms with Gasteiger partial charge in [0.1, 0.15) is 17.4 Å². The van der Waals surface area contributed by atoms with Gasteiger partial charge in [-0.1, -0.05) is 60.7 Å². The number of aliphatic hydroxyl groups is 1. The SMILES string of the molecule is O=C(OC1C=CC(O)c2ccccc21)c1ccc2ccccc2c1O. The van der Waals surface area contributed by atoms with Gasteiger partial charge >= 0.3 is 5.97 Å². The number of esters is 1. The Hall–Kier alpha value is -3.11. The second-order valence-corrected chi connectivity index (χ2v) is 5.97. The molecule has 0 saturated carbocycles. The third-order valence-electron chi connectivity index (χ3n) is 4.44. The fourth-order valence-electron chi connectivity index (χ4n) is 3.15. The summed E-state index contributed by atoms with van der Waals surface area (Å²) in [7, 11) is 0. The number of carbonyl (C=O) groups excluding carboxylic acids is 1. The summed E-state index contributed by atoms with van der Waals surface area (Å²) in [4.78, 5) is 12.6. The van der Waals surface area contributed by atoms with Crippen molar-refractivity contribution in [3.8, 4) is 5.75 Å². The predicted molar refractivity (Wildman–Crippen MR) is 94.3 cm³/mol. The summed E-state index contributed by atoms with van der Waals surface area (Å²) in [6, 6.07) is 17.9. The molecule has 124 valence electrons. The largest absolute Gasteiger partial charge is 0.506 e. The maximum absolute atomic E-state index is 12.6. The van der Waals surface area contributed by atoms with Gasteiger partial charge in [-0.25, -0.2) is 4.79 Å². The molecule has 0 heterocycles. The van der Waals surface area contributed by atoms with E-state index in [1.165, 1.54) is 0 Å². The highest BCUT2D eigenvalue weighted by atomic mass is 16.5. The van der Waals surface area contributed by atoms with Crippen molar-refractivity contribution in [2.24, 2.45) is 0 Å². The fourth-order valence-corrected chi connectivity index (χ4v) is 3.15. The zero-order valence-electron chi connectivity index (χ0n) is 13.3. The second kappa shape index (κ2) is 6.07. The number of fused-ring (bicyclic) bond motifs is 2. The molecule has 2 atom stereocenters. The zero-order chi connectivity index (χ0) is 17.4. The van der Waals surface area contributed by atoms with Gasteiger partial charge in [0, 0.05) is 10.9 Å². The van der Waals surface area contributed by atoms with Crippen LogP contribution in [0.1, 0.15) is 33.7 Å². The minimum absolute atomic E-state index is 0.0868. The minimum Gasteiger partial charge on any atom is -0.506 e. The van der Waals surface area contributed by atoms with Crippen LogP contribution in [0.25, 0.3) is 10.8 Å². The van der Waals surface area contributed by atoms with Crippen LogP contribution in [0.5, 0.6) is 5.75 Å². The highest BCUT2D eigenvalue weighted by Crippen LogP contribution is 2.35. The van der Waals surface area contributed by atoms with Crippen LogP contribution in [-0.4, -0.2) is 16.2 Å². The van der Waals surface area contributed by atoms with E-state index in [1.54, 1.807) is 42.5 Å². The number of benzene rings is 3. The first kappa shape index (κ1) is 15.4. The van der Waals surface area contributed by atoms with Crippen LogP contribution in [-0.2, 0) is 4.74 Å². The van der Waals surface area contributed by atoms with Gasteiger partial charge in [-0.3, -0.25) is 0 Å². The van der Waals surface area contributed by atoms with Gasteiger partial charge in [0.2, 0.25) is 0 Å². The Kier molecular flexibility index (Phi) is 3.75. The molecule has 0 aromatic heterocycles. The number of carbonyl (C=O) groups is 1. The molecular formula is C21H16O4. The summed E-state index contributed by atoms with van der Waals surface area (Å²) in [5.74, 6) is -0.694. The van der Waals surface area contributed by atoms with Crippen molar-refractivity contribution in [1.29, 1.82) is 0 Å². The van der Waals surface area contributed by atoms with Gasteiger partial charge in [-0.2, -0.15) is 0 Å². The number of rotatable bonds is 2. The molecule has 4 heteroatoms. The Morgan fingerprint density at radius 1 is 0.880 bits per heavy atom. The van der Waals surface area contributed by atoms with Gasteiger partial charge in [-0.05, 0) is 23.1 Å². The van der Waals surface area contributed by atoms with E-state index in [0.717, 1.165) is 10.9 Å². The lowest BCUT2D eigenvalue weighted by atomic mass is 9.92. The van der Waals surface area contributed by atoms with Gasteiger partial charge in [0.15, 0.2) is 0 Å². The summed E-state index contributed by atoms with van der Waals surface area (Å²) in [6.07, 6.45) is 1.95. The number of phenols is 1. The standard InChI is InChI=1S/C21H16O4/c22-18-11-12-19(16-8-4-3-7-15(16)18)25-21(24)17-10-9-13-5-1-2-6-14(13)20(17)23/h1-12,18-19,22-23H. The molecule has 2 unspecified atom stereocenters. The van der Waals surface area contributed by atoms with Crippen molar-refractivity contribution in [3.05, 3.63) is 89.5 Å². The van der Waals surface area contributed by atoms with Gasteiger partial charge < -0.3 is 14.9 Å². The number of hydrogen-bond acceptors (Lipinski definition) is 4. The van der Waals surface area contributed by atoms with E-state index in [0.29, 0.717) is 10.9 Å². The van der Waals surface area contributed by atoms with Crippen LogP contribution in [0.4, 0.5) is 0 Å². The van der Waals surface area contributed by atoms with Crippen LogP contribution in [0.2, 0.25) is 0 Å². The Morgan fingerprint density at radius 3 is 2.44 bits per heavy atom. The molecule has 0 fully saturated rings. The lowest BCUT2D eigenvalue weighted by Crippen LogP contribution is -2.16. The van der Waals surface area contributed by atoms with Crippen molar-refractivity contribution in [2.75, 3.05) is 0 Å². The van der Waals surface area contributed by atoms with E-state index in [4.69, 9.17) is 4.74 Å². The van der Waals surface area contributed by atoms with E-state index in [1.807, 2.05) is 30.3 Å². The first-order chi connectivity index (χ1) is 12.1. The number of ether oxygens (including phenoxy) is 1. The number of hydrogen-bond donors (Lipinski definition) is 2. The van der Waals surface area contributed by atoms with Gasteiger partial charge in [0.25, 0.3) is 0 Å². The van der Waals surface area contributed by atoms with Gasteiger partial charge in [-0.15, -0.1) is 0 Å². The van der Waals surface area contributed by atoms with Crippen LogP contribution in [0, 0.1) is 0 Å². The summed E-state index contributed by atoms with van der Waals surface area (Å²) >= 11 is 0. The lowest BCUT2D eigenvalue weighted by Gasteiger charge is -2.24. The Balaban J connectivity index is 1.67. The van der Waals surface area contributed by atoms with Gasteiger partial charge in [0.05, 0.1) is 6.10 Å². The van der Waals surface area contributed by atoms with Crippen LogP contribution in [0.15, 0.2) is 72.8 Å². The topological polar surface area (TPSA) is 66.8 Å². The number of aromatic hydroxyl groups is 1. The van der Waals surface area contributed by atoms with Crippen LogP contribution >= 0.6 is 0 Å². The lowest BCUT2D eigenvalue weighted by molar-refractivity contribution is 0.0374. The summed E-state index contributed by atoms with van der Waals surface area (Å²) in [6.45, 7) is 0. The third kappa shape index (κ3) is 2.66. The molecule has 0 amide bonds. The molecule has 1 aliphatic carbocycles. The molecule has 2 N–H and O–H groups in total. The quantitative estimate of drug-likeness (QED) is 0.549. The monoisotopic (exact) mass is 332 g/mol. The fraction of sp³-hybridized carbons (Fsp3) is 0.0952. The molecule has 0 spiro atoms. The average molecular weight is 332 g/mol. The van der Waals surface area contributed by atoms with Crippen LogP contribution in [0.3, 0.4) is 0 Å². The maximum Gasteiger partial charge on any atom is 0.342 e. The smallest absolute Gasteiger partial charge is 0.342 e. The molecule has 3 aromatic carbocycles. The van der Waals surface area contributed by atoms with E-state index < -0.39 is 18.2 Å². The molecule has 4 rings (SSSR count). The molecule has 3 aromatic rings. The van der Waals surface area contributed by atoms with Crippen molar-refractivity contribution < 1.29 is 19.7 Å². The Labute approximate surface area is 144 Å². The Bertz CT molecular complexity index is 990. The molecule has 0 radical (unpaired) electrons. The Morgan fingerprint density at radius 2 is 1.60 bits per heavy atom. The minimum atomic E-state index is -0.708. The maximum atomic E-state index is 12.6. The molecular weight excluding hydrogens is 316 g/mol. The summed E-state index contributed by atoms with van der Waals surface area (Å²) < 4.78 is 5.59. The second-order valence-electron chi connectivity index (χ2n) is 5.97. The first-order valence-corrected chi connectivity index (χ1v) is 8.02. The molecule has 0 aliphatic heterocycles. The van der Waals surface area contributed by atoms with Crippen molar-refractivity contribution in [1.82, 2.24) is 0 Å². The molecule has 0 bridgehead atoms. The van der Waals surface area contributed by atoms with Crippen molar-refractivity contribution in [3.63, 3.8) is 0 Å². The van der Waals surface area contributed by atoms with E-state index in [9.17, 15) is 15.0 Å². The molecule has 1 aliphatic rings. The zero-order valence-corrected chi connectivity index (χ0v) is 13.3. The number of phenolic OH excluding ortho intramolecular Hbond substituents is 1. The van der Waals surface area contributed by atoms with Crippen LogP contribution < -0.4 is 0 Å². The highest BCUT2D eigenvalue weighted by Gasteiger charge is 2.25. The average Bonchev–Trinajstić information content (AvgIpc) is 2.65. The first-order valence-electron chi connectivity index (χ1n) is 8.02. The summed E-state index contributed by atoms with van der Waals surface area (Å²) in [5, 5.41) is 21.9. The van der Waals surface area contributed by atoms with E-state index >= 15 is 0 Å². The normalized spacial score (nSPS) is 18.8. The van der Waals surface area contributed by atoms with Crippen molar-refractivity contribution >= 4 is 16.7 Å². The molecule has 0 saturated heterocycles. The number of aliphatic hydroxyl groups excluding tert-OH is 1. The highest BCUT2D eigenvalue weighted by molar-refractivity contribution is 6.01. The van der Waals surface area contributed by atoms with E-state index in [2.05, 4.69) is 0 Å². The van der Waals surface area contributed by atoms with E-state index in [-0.39, 0.29) is 11.3 Å². The third-order valence-corrected chi connectivity index (χ3v) is 4.44. The van der Waals surface area contributed by atoms with Crippen molar-refractivity contribution in [2.45, 2.75) is 12.2 Å². The molecule has 4 nitrogen and oxygen atoms in total. The predicted octanol–water partition coefficient (Wildman–Crippen LogP) is 4.05.